The van der Waals surface area contributed by atoms with Crippen molar-refractivity contribution in [2.45, 2.75) is 45.6 Å². The second-order valence-corrected chi connectivity index (χ2v) is 5.15. The zero-order chi connectivity index (χ0) is 12.4. The maximum Gasteiger partial charge on any atom is 0.334 e. The SMILES string of the molecule is C=C1C(=O)O[C@@H]2/C=C(\C)CCC/C(C)=C/C[C@H]12. The van der Waals surface area contributed by atoms with Gasteiger partial charge in [0.05, 0.1) is 0 Å². The van der Waals surface area contributed by atoms with Crippen molar-refractivity contribution in [2.75, 3.05) is 0 Å². The summed E-state index contributed by atoms with van der Waals surface area (Å²) >= 11 is 0. The molecule has 0 aromatic carbocycles. The minimum absolute atomic E-state index is 0.0999. The molecule has 0 radical (unpaired) electrons. The van der Waals surface area contributed by atoms with Crippen LogP contribution in [0.1, 0.15) is 39.5 Å². The predicted octanol–water partition coefficient (Wildman–Crippen LogP) is 3.55. The number of carbonyl (C=O) groups excluding carboxylic acids is 1. The molecule has 1 aliphatic carbocycles. The van der Waals surface area contributed by atoms with Crippen LogP contribution in [0.5, 0.6) is 0 Å². The molecule has 2 aliphatic rings. The number of fused-ring (bicyclic) bond motifs is 1. The molecule has 2 rings (SSSR count). The molecule has 0 bridgehead atoms. The van der Waals surface area contributed by atoms with Gasteiger partial charge in [-0.25, -0.2) is 4.79 Å². The van der Waals surface area contributed by atoms with Crippen LogP contribution in [0, 0.1) is 5.92 Å². The zero-order valence-electron chi connectivity index (χ0n) is 10.7. The summed E-state index contributed by atoms with van der Waals surface area (Å²) in [5.41, 5.74) is 3.35. The molecule has 17 heavy (non-hydrogen) atoms. The Kier molecular flexibility index (Phi) is 3.51. The van der Waals surface area contributed by atoms with Crippen LogP contribution in [-0.2, 0) is 9.53 Å². The number of allylic oxidation sites excluding steroid dienone is 3. The Hall–Kier alpha value is -1.31. The highest BCUT2D eigenvalue weighted by molar-refractivity contribution is 5.91. The molecule has 0 N–H and O–H groups in total. The van der Waals surface area contributed by atoms with Gasteiger partial charge in [0, 0.05) is 11.5 Å². The fourth-order valence-electron chi connectivity index (χ4n) is 2.50. The smallest absolute Gasteiger partial charge is 0.334 e. The molecule has 2 nitrogen and oxygen atoms in total. The summed E-state index contributed by atoms with van der Waals surface area (Å²) in [5.74, 6) is -0.0974. The third-order valence-corrected chi connectivity index (χ3v) is 3.66. The van der Waals surface area contributed by atoms with E-state index in [4.69, 9.17) is 4.74 Å². The van der Waals surface area contributed by atoms with Crippen molar-refractivity contribution >= 4 is 5.97 Å². The van der Waals surface area contributed by atoms with Crippen molar-refractivity contribution in [3.63, 3.8) is 0 Å². The highest BCUT2D eigenvalue weighted by Gasteiger charge is 2.36. The van der Waals surface area contributed by atoms with E-state index in [0.29, 0.717) is 5.57 Å². The lowest BCUT2D eigenvalue weighted by Gasteiger charge is -2.16. The Morgan fingerprint density at radius 1 is 1.29 bits per heavy atom. The van der Waals surface area contributed by atoms with Crippen molar-refractivity contribution < 1.29 is 9.53 Å². The van der Waals surface area contributed by atoms with Gasteiger partial charge >= 0.3 is 5.97 Å². The average molecular weight is 232 g/mol. The Balaban J connectivity index is 2.26. The summed E-state index contributed by atoms with van der Waals surface area (Å²) in [5, 5.41) is 0. The third kappa shape index (κ3) is 2.68. The molecule has 0 spiro atoms. The molecular formula is C15H20O2. The predicted molar refractivity (Wildman–Crippen MR) is 68.5 cm³/mol. The quantitative estimate of drug-likeness (QED) is 0.363. The number of ether oxygens (including phenoxy) is 1. The Morgan fingerprint density at radius 3 is 2.76 bits per heavy atom. The minimum Gasteiger partial charge on any atom is -0.454 e. The van der Waals surface area contributed by atoms with Crippen LogP contribution in [0.3, 0.4) is 0 Å². The first-order valence-electron chi connectivity index (χ1n) is 6.30. The summed E-state index contributed by atoms with van der Waals surface area (Å²) in [6, 6.07) is 0. The van der Waals surface area contributed by atoms with Crippen molar-refractivity contribution in [3.8, 4) is 0 Å². The highest BCUT2D eigenvalue weighted by atomic mass is 16.5. The van der Waals surface area contributed by atoms with E-state index in [2.05, 4.69) is 32.6 Å². The maximum atomic E-state index is 11.6. The first-order valence-corrected chi connectivity index (χ1v) is 6.30. The van der Waals surface area contributed by atoms with Crippen LogP contribution in [0.25, 0.3) is 0 Å². The van der Waals surface area contributed by atoms with Crippen molar-refractivity contribution in [1.82, 2.24) is 0 Å². The second-order valence-electron chi connectivity index (χ2n) is 5.15. The van der Waals surface area contributed by atoms with Gasteiger partial charge in [0.1, 0.15) is 6.10 Å². The lowest BCUT2D eigenvalue weighted by molar-refractivity contribution is -0.137. The third-order valence-electron chi connectivity index (χ3n) is 3.66. The van der Waals surface area contributed by atoms with E-state index in [1.807, 2.05) is 0 Å². The van der Waals surface area contributed by atoms with Gasteiger partial charge in [0.25, 0.3) is 0 Å². The first kappa shape index (κ1) is 12.2. The number of esters is 1. The van der Waals surface area contributed by atoms with E-state index >= 15 is 0 Å². The molecule has 0 aromatic rings. The summed E-state index contributed by atoms with van der Waals surface area (Å²) in [4.78, 5) is 11.6. The van der Waals surface area contributed by atoms with E-state index in [0.717, 1.165) is 19.3 Å². The lowest BCUT2D eigenvalue weighted by atomic mass is 9.89. The van der Waals surface area contributed by atoms with Gasteiger partial charge in [0.15, 0.2) is 0 Å². The molecule has 2 atom stereocenters. The lowest BCUT2D eigenvalue weighted by Crippen LogP contribution is -2.14. The molecule has 1 aliphatic heterocycles. The van der Waals surface area contributed by atoms with Gasteiger partial charge in [-0.1, -0.05) is 23.8 Å². The van der Waals surface area contributed by atoms with Crippen LogP contribution < -0.4 is 0 Å². The molecular weight excluding hydrogens is 212 g/mol. The topological polar surface area (TPSA) is 26.3 Å². The normalized spacial score (nSPS) is 36.4. The van der Waals surface area contributed by atoms with Gasteiger partial charge in [-0.2, -0.15) is 0 Å². The molecule has 1 saturated heterocycles. The molecule has 1 fully saturated rings. The van der Waals surface area contributed by atoms with Crippen LogP contribution in [0.4, 0.5) is 0 Å². The number of carbonyl (C=O) groups is 1. The van der Waals surface area contributed by atoms with Crippen molar-refractivity contribution in [3.05, 3.63) is 35.5 Å². The molecule has 0 aromatic heterocycles. The zero-order valence-corrected chi connectivity index (χ0v) is 10.7. The largest absolute Gasteiger partial charge is 0.454 e. The Morgan fingerprint density at radius 2 is 2.00 bits per heavy atom. The molecule has 0 amide bonds. The van der Waals surface area contributed by atoms with Crippen LogP contribution in [0.15, 0.2) is 35.5 Å². The van der Waals surface area contributed by atoms with Crippen molar-refractivity contribution in [2.24, 2.45) is 5.92 Å². The standard InChI is InChI=1S/C15H20O2/c1-10-5-4-6-11(2)9-14-13(8-7-10)12(3)15(16)17-14/h7,9,13-14H,3-6,8H2,1-2H3/b10-7+,11-9+/t13-,14-/m1/s1. The summed E-state index contributed by atoms with van der Waals surface area (Å²) in [6.07, 6.45) is 8.51. The fourth-order valence-corrected chi connectivity index (χ4v) is 2.50. The molecule has 2 heteroatoms. The van der Waals surface area contributed by atoms with Gasteiger partial charge in [0.2, 0.25) is 0 Å². The average Bonchev–Trinajstić information content (AvgIpc) is 2.52. The van der Waals surface area contributed by atoms with Crippen LogP contribution >= 0.6 is 0 Å². The number of hydrogen-bond donors (Lipinski definition) is 0. The van der Waals surface area contributed by atoms with E-state index in [1.165, 1.54) is 17.6 Å². The van der Waals surface area contributed by atoms with Gasteiger partial charge in [-0.3, -0.25) is 0 Å². The molecule has 0 unspecified atom stereocenters. The van der Waals surface area contributed by atoms with Gasteiger partial charge in [-0.05, 0) is 45.6 Å². The first-order chi connectivity index (χ1) is 8.08. The van der Waals surface area contributed by atoms with E-state index in [9.17, 15) is 4.79 Å². The van der Waals surface area contributed by atoms with Crippen molar-refractivity contribution in [1.29, 1.82) is 0 Å². The van der Waals surface area contributed by atoms with E-state index < -0.39 is 0 Å². The minimum atomic E-state index is -0.227. The van der Waals surface area contributed by atoms with Gasteiger partial charge < -0.3 is 4.74 Å². The summed E-state index contributed by atoms with van der Waals surface area (Å²) < 4.78 is 5.37. The fraction of sp³-hybridized carbons (Fsp3) is 0.533. The summed E-state index contributed by atoms with van der Waals surface area (Å²) in [7, 11) is 0. The van der Waals surface area contributed by atoms with E-state index in [1.54, 1.807) is 0 Å². The number of hydrogen-bond acceptors (Lipinski definition) is 2. The Bertz CT molecular complexity index is 401. The molecule has 92 valence electrons. The second kappa shape index (κ2) is 4.91. The van der Waals surface area contributed by atoms with Crippen LogP contribution in [0.2, 0.25) is 0 Å². The molecule has 0 saturated carbocycles. The maximum absolute atomic E-state index is 11.6. The van der Waals surface area contributed by atoms with E-state index in [-0.39, 0.29) is 18.0 Å². The van der Waals surface area contributed by atoms with Crippen LogP contribution in [-0.4, -0.2) is 12.1 Å². The Labute approximate surface area is 103 Å². The monoisotopic (exact) mass is 232 g/mol. The number of rotatable bonds is 0. The van der Waals surface area contributed by atoms with Gasteiger partial charge in [-0.15, -0.1) is 0 Å². The molecule has 1 heterocycles. The summed E-state index contributed by atoms with van der Waals surface area (Å²) in [6.45, 7) is 8.14. The highest BCUT2D eigenvalue weighted by Crippen LogP contribution is 2.33.